The first-order valence-electron chi connectivity index (χ1n) is 10.4. The van der Waals surface area contributed by atoms with Gasteiger partial charge in [0.2, 0.25) is 5.95 Å². The van der Waals surface area contributed by atoms with E-state index in [2.05, 4.69) is 20.3 Å². The minimum absolute atomic E-state index is 0.562. The van der Waals surface area contributed by atoms with E-state index in [-0.39, 0.29) is 0 Å². The van der Waals surface area contributed by atoms with Crippen LogP contribution in [0.2, 0.25) is 0 Å². The average molecular weight is 498 g/mol. The lowest BCUT2D eigenvalue weighted by atomic mass is 10.3. The first kappa shape index (κ1) is 25.3. The van der Waals surface area contributed by atoms with Crippen molar-refractivity contribution in [3.8, 4) is 16.3 Å². The largest absolute Gasteiger partial charge is 0.492 e. The molecule has 3 heterocycles. The van der Waals surface area contributed by atoms with Gasteiger partial charge in [0.25, 0.3) is 0 Å². The molecule has 0 saturated heterocycles. The second-order valence-corrected chi connectivity index (χ2v) is 7.94. The lowest BCUT2D eigenvalue weighted by Gasteiger charge is -2.10. The maximum absolute atomic E-state index is 9.72. The molecule has 4 aromatic rings. The van der Waals surface area contributed by atoms with Crippen molar-refractivity contribution >= 4 is 34.9 Å². The number of aliphatic carboxylic acids is 2. The summed E-state index contributed by atoms with van der Waals surface area (Å²) in [4.78, 5) is 33.4. The molecule has 35 heavy (non-hydrogen) atoms. The summed E-state index contributed by atoms with van der Waals surface area (Å²) in [5.74, 6) is -1.49. The Hall–Kier alpha value is -4.29. The normalized spacial score (nSPS) is 11.1. The fourth-order valence-corrected chi connectivity index (χ4v) is 3.41. The van der Waals surface area contributed by atoms with E-state index in [4.69, 9.17) is 20.1 Å². The van der Waals surface area contributed by atoms with Crippen molar-refractivity contribution in [2.24, 2.45) is 0 Å². The third-order valence-electron chi connectivity index (χ3n) is 4.35. The molecule has 11 nitrogen and oxygen atoms in total. The Morgan fingerprint density at radius 3 is 2.66 bits per heavy atom. The maximum Gasteiger partial charge on any atom is 0.333 e. The van der Waals surface area contributed by atoms with Gasteiger partial charge in [-0.2, -0.15) is 0 Å². The van der Waals surface area contributed by atoms with E-state index >= 15 is 0 Å². The van der Waals surface area contributed by atoms with Crippen LogP contribution in [-0.4, -0.2) is 59.5 Å². The maximum atomic E-state index is 9.72. The molecule has 0 spiro atoms. The third-order valence-corrected chi connectivity index (χ3v) is 5.24. The van der Waals surface area contributed by atoms with Crippen LogP contribution in [0.4, 0.5) is 11.6 Å². The summed E-state index contributed by atoms with van der Waals surface area (Å²) < 4.78 is 7.79. The molecule has 0 aliphatic rings. The summed E-state index contributed by atoms with van der Waals surface area (Å²) in [5.41, 5.74) is 1.79. The first-order valence-corrected chi connectivity index (χ1v) is 11.2. The lowest BCUT2D eigenvalue weighted by molar-refractivity contribution is -0.152. The van der Waals surface area contributed by atoms with Crippen LogP contribution in [0.15, 0.2) is 72.8 Å². The number of anilines is 2. The predicted molar refractivity (Wildman–Crippen MR) is 129 cm³/mol. The topological polar surface area (TPSA) is 160 Å². The highest BCUT2D eigenvalue weighted by Crippen LogP contribution is 2.24. The molecule has 0 bridgehead atoms. The van der Waals surface area contributed by atoms with E-state index in [1.807, 2.05) is 58.6 Å². The Bertz CT molecular complexity index is 1220. The molecule has 0 aliphatic heterocycles. The molecule has 1 atom stereocenters. The number of benzene rings is 1. The lowest BCUT2D eigenvalue weighted by Crippen LogP contribution is -2.22. The van der Waals surface area contributed by atoms with Crippen molar-refractivity contribution in [2.75, 3.05) is 11.9 Å². The fraction of sp³-hybridized carbons (Fsp3) is 0.174. The van der Waals surface area contributed by atoms with E-state index in [1.165, 1.54) is 0 Å². The van der Waals surface area contributed by atoms with Crippen LogP contribution in [-0.2, 0) is 16.1 Å². The van der Waals surface area contributed by atoms with Gasteiger partial charge >= 0.3 is 11.9 Å². The van der Waals surface area contributed by atoms with Crippen molar-refractivity contribution in [3.05, 3.63) is 72.8 Å². The second kappa shape index (κ2) is 12.8. The minimum atomic E-state index is -1.79. The number of ether oxygens (including phenoxy) is 1. The Balaban J connectivity index is 0.000000327. The monoisotopic (exact) mass is 497 g/mol. The summed E-state index contributed by atoms with van der Waals surface area (Å²) in [6, 6.07) is 13.7. The van der Waals surface area contributed by atoms with Crippen LogP contribution in [0.3, 0.4) is 0 Å². The number of imidazole rings is 1. The van der Waals surface area contributed by atoms with Gasteiger partial charge in [0.15, 0.2) is 6.10 Å². The van der Waals surface area contributed by atoms with Crippen LogP contribution in [0.1, 0.15) is 6.42 Å². The number of nitrogens with zero attached hydrogens (tertiary/aromatic N) is 4. The van der Waals surface area contributed by atoms with Crippen molar-refractivity contribution in [3.63, 3.8) is 0 Å². The van der Waals surface area contributed by atoms with Crippen LogP contribution in [0.5, 0.6) is 5.75 Å². The third kappa shape index (κ3) is 8.53. The predicted octanol–water partition coefficient (Wildman–Crippen LogP) is 3.13. The number of carbonyl (C=O) groups is 2. The number of hydrogen-bond donors (Lipinski definition) is 4. The average Bonchev–Trinajstić information content (AvgIpc) is 3.54. The van der Waals surface area contributed by atoms with Gasteiger partial charge in [-0.1, -0.05) is 12.1 Å². The van der Waals surface area contributed by atoms with Gasteiger partial charge in [-0.25, -0.2) is 19.7 Å². The molecule has 0 radical (unpaired) electrons. The van der Waals surface area contributed by atoms with Gasteiger partial charge in [0, 0.05) is 30.3 Å². The molecule has 0 fully saturated rings. The van der Waals surface area contributed by atoms with Gasteiger partial charge in [-0.15, -0.1) is 11.3 Å². The highest BCUT2D eigenvalue weighted by Gasteiger charge is 2.16. The van der Waals surface area contributed by atoms with E-state index in [0.717, 1.165) is 28.6 Å². The van der Waals surface area contributed by atoms with Gasteiger partial charge in [0.1, 0.15) is 12.4 Å². The number of aliphatic hydroxyl groups excluding tert-OH is 1. The van der Waals surface area contributed by atoms with Gasteiger partial charge in [0.05, 0.1) is 29.9 Å². The van der Waals surface area contributed by atoms with Crippen molar-refractivity contribution in [1.29, 1.82) is 0 Å². The molecular weight excluding hydrogens is 474 g/mol. The molecule has 4 N–H and O–H groups in total. The van der Waals surface area contributed by atoms with Crippen LogP contribution < -0.4 is 10.1 Å². The van der Waals surface area contributed by atoms with Crippen LogP contribution >= 0.6 is 11.3 Å². The summed E-state index contributed by atoms with van der Waals surface area (Å²) in [5, 5.41) is 29.4. The number of aromatic nitrogens is 4. The van der Waals surface area contributed by atoms with Crippen molar-refractivity contribution in [1.82, 2.24) is 19.5 Å². The number of thiophene rings is 1. The second-order valence-electron chi connectivity index (χ2n) is 7.00. The van der Waals surface area contributed by atoms with Crippen molar-refractivity contribution < 1.29 is 29.6 Å². The van der Waals surface area contributed by atoms with E-state index < -0.39 is 24.5 Å². The van der Waals surface area contributed by atoms with E-state index in [0.29, 0.717) is 12.6 Å². The zero-order chi connectivity index (χ0) is 25.0. The fourth-order valence-electron chi connectivity index (χ4n) is 2.71. The molecule has 182 valence electrons. The number of nitrogens with one attached hydrogen (secondary N) is 1. The number of rotatable bonds is 10. The molecule has 1 unspecified atom stereocenters. The zero-order valence-corrected chi connectivity index (χ0v) is 19.2. The smallest absolute Gasteiger partial charge is 0.333 e. The minimum Gasteiger partial charge on any atom is -0.492 e. The first-order chi connectivity index (χ1) is 16.9. The summed E-state index contributed by atoms with van der Waals surface area (Å²) in [6.45, 7) is 1.33. The molecule has 3 aromatic heterocycles. The van der Waals surface area contributed by atoms with Crippen LogP contribution in [0.25, 0.3) is 10.6 Å². The molecule has 1 aromatic carbocycles. The Labute approximate surface area is 204 Å². The molecule has 12 heteroatoms. The van der Waals surface area contributed by atoms with E-state index in [1.54, 1.807) is 30.1 Å². The molecular formula is C23H23N5O6S. The van der Waals surface area contributed by atoms with Gasteiger partial charge in [-0.3, -0.25) is 4.79 Å². The van der Waals surface area contributed by atoms with Gasteiger partial charge < -0.3 is 29.9 Å². The number of carboxylic acids is 2. The molecule has 0 saturated carbocycles. The molecule has 0 aliphatic carbocycles. The molecule has 0 amide bonds. The van der Waals surface area contributed by atoms with Crippen molar-refractivity contribution in [2.45, 2.75) is 19.1 Å². The Morgan fingerprint density at radius 2 is 2.00 bits per heavy atom. The SMILES string of the molecule is O=C(O)CC(O)C(=O)O.c1cc(Nc2nccc(-c3cccs3)n2)cc(OCCn2ccnc2)c1. The summed E-state index contributed by atoms with van der Waals surface area (Å²) in [7, 11) is 0. The Morgan fingerprint density at radius 1 is 1.14 bits per heavy atom. The number of aliphatic hydroxyl groups is 1. The van der Waals surface area contributed by atoms with Gasteiger partial charge in [-0.05, 0) is 29.6 Å². The number of hydrogen-bond acceptors (Lipinski definition) is 9. The highest BCUT2D eigenvalue weighted by atomic mass is 32.1. The van der Waals surface area contributed by atoms with Crippen LogP contribution in [0, 0.1) is 0 Å². The molecule has 4 rings (SSSR count). The zero-order valence-electron chi connectivity index (χ0n) is 18.4. The standard InChI is InChI=1S/C19H17N5OS.C4H6O5/c1-3-15(13-16(4-1)25-11-10-24-9-8-20-14-24)22-19-21-7-6-17(23-19)18-5-2-12-26-18;5-2(4(8)9)1-3(6)7/h1-9,12-14H,10-11H2,(H,21,22,23);2,5H,1H2,(H,6,7)(H,8,9). The quantitative estimate of drug-likeness (QED) is 0.256. The summed E-state index contributed by atoms with van der Waals surface area (Å²) in [6.07, 6.45) is 4.67. The highest BCUT2D eigenvalue weighted by molar-refractivity contribution is 7.13. The summed E-state index contributed by atoms with van der Waals surface area (Å²) >= 11 is 1.66. The Kier molecular flexibility index (Phi) is 9.28. The van der Waals surface area contributed by atoms with E-state index in [9.17, 15) is 9.59 Å². The number of carboxylic acid groups (broad SMARTS) is 2.